The van der Waals surface area contributed by atoms with Crippen molar-refractivity contribution in [3.05, 3.63) is 72.6 Å². The van der Waals surface area contributed by atoms with Gasteiger partial charge in [0.05, 0.1) is 11.8 Å². The minimum absolute atomic E-state index is 0.160. The molecule has 0 saturated carbocycles. The largest absolute Gasteiger partial charge is 0.483 e. The Morgan fingerprint density at radius 2 is 1.74 bits per heavy atom. The fourth-order valence-electron chi connectivity index (χ4n) is 3.32. The van der Waals surface area contributed by atoms with Crippen LogP contribution in [0.1, 0.15) is 23.2 Å². The maximum absolute atomic E-state index is 12.6. The molecular formula is C23H24N4O4. The van der Waals surface area contributed by atoms with Crippen LogP contribution < -0.4 is 10.2 Å². The van der Waals surface area contributed by atoms with Crippen molar-refractivity contribution in [2.24, 2.45) is 0 Å². The van der Waals surface area contributed by atoms with Crippen LogP contribution in [0.15, 0.2) is 67.0 Å². The van der Waals surface area contributed by atoms with Gasteiger partial charge >= 0.3 is 0 Å². The molecular weight excluding hydrogens is 396 g/mol. The highest BCUT2D eigenvalue weighted by Gasteiger charge is 2.18. The van der Waals surface area contributed by atoms with Gasteiger partial charge < -0.3 is 20.4 Å². The molecule has 2 heterocycles. The number of para-hydroxylation sites is 1. The second kappa shape index (κ2) is 10.8. The molecule has 160 valence electrons. The normalized spacial score (nSPS) is 13.6. The third kappa shape index (κ3) is 6.10. The molecule has 31 heavy (non-hydrogen) atoms. The molecule has 1 aliphatic rings. The number of aliphatic hydroxyl groups is 1. The zero-order valence-corrected chi connectivity index (χ0v) is 16.9. The topological polar surface area (TPSA) is 116 Å². The van der Waals surface area contributed by atoms with Crippen molar-refractivity contribution in [1.29, 1.82) is 0 Å². The van der Waals surface area contributed by atoms with Gasteiger partial charge in [-0.3, -0.25) is 9.59 Å². The van der Waals surface area contributed by atoms with Crippen LogP contribution in [-0.4, -0.2) is 51.8 Å². The van der Waals surface area contributed by atoms with Gasteiger partial charge in [-0.25, -0.2) is 9.97 Å². The van der Waals surface area contributed by atoms with Crippen molar-refractivity contribution in [2.45, 2.75) is 18.9 Å². The van der Waals surface area contributed by atoms with Crippen LogP contribution in [0.4, 0.5) is 11.5 Å². The molecule has 1 aromatic heterocycles. The first-order chi connectivity index (χ1) is 15.1. The number of rotatable bonds is 4. The van der Waals surface area contributed by atoms with Gasteiger partial charge in [-0.1, -0.05) is 30.3 Å². The Morgan fingerprint density at radius 3 is 2.45 bits per heavy atom. The van der Waals surface area contributed by atoms with Gasteiger partial charge in [0.1, 0.15) is 12.1 Å². The zero-order valence-electron chi connectivity index (χ0n) is 16.9. The number of amides is 1. The Morgan fingerprint density at radius 1 is 1.03 bits per heavy atom. The number of hydrogen-bond acceptors (Lipinski definition) is 6. The molecule has 1 fully saturated rings. The van der Waals surface area contributed by atoms with Gasteiger partial charge in [-0.2, -0.15) is 0 Å². The van der Waals surface area contributed by atoms with Gasteiger partial charge in [0.15, 0.2) is 0 Å². The minimum atomic E-state index is -0.250. The number of aliphatic hydroxyl groups excluding tert-OH is 1. The van der Waals surface area contributed by atoms with Crippen molar-refractivity contribution in [2.75, 3.05) is 23.3 Å². The number of carbonyl (C=O) groups excluding carboxylic acids is 1. The molecule has 0 spiro atoms. The van der Waals surface area contributed by atoms with Crippen LogP contribution >= 0.6 is 0 Å². The van der Waals surface area contributed by atoms with E-state index in [0.29, 0.717) is 5.56 Å². The fourth-order valence-corrected chi connectivity index (χ4v) is 3.32. The maximum atomic E-state index is 12.6. The highest BCUT2D eigenvalue weighted by Crippen LogP contribution is 2.24. The summed E-state index contributed by atoms with van der Waals surface area (Å²) >= 11 is 0. The SMILES string of the molecule is O=C(Nc1ccccc1)c1cccc(-c2cc(N3CCC(O)CC3)ncn2)c1.O=CO. The van der Waals surface area contributed by atoms with E-state index in [-0.39, 0.29) is 18.5 Å². The molecule has 3 aromatic rings. The van der Waals surface area contributed by atoms with Crippen molar-refractivity contribution < 1.29 is 19.8 Å². The van der Waals surface area contributed by atoms with Crippen LogP contribution in [0, 0.1) is 0 Å². The van der Waals surface area contributed by atoms with Crippen LogP contribution in [0.5, 0.6) is 0 Å². The molecule has 0 aliphatic carbocycles. The van der Waals surface area contributed by atoms with Gasteiger partial charge in [0.2, 0.25) is 0 Å². The second-order valence-electron chi connectivity index (χ2n) is 6.99. The van der Waals surface area contributed by atoms with Gasteiger partial charge in [0.25, 0.3) is 12.4 Å². The first kappa shape index (κ1) is 21.9. The molecule has 0 atom stereocenters. The second-order valence-corrected chi connectivity index (χ2v) is 6.99. The number of nitrogens with zero attached hydrogens (tertiary/aromatic N) is 3. The van der Waals surface area contributed by atoms with Gasteiger partial charge in [-0.15, -0.1) is 0 Å². The summed E-state index contributed by atoms with van der Waals surface area (Å²) in [5.41, 5.74) is 2.96. The van der Waals surface area contributed by atoms with E-state index in [1.807, 2.05) is 54.6 Å². The fraction of sp³-hybridized carbons (Fsp3) is 0.217. The standard InChI is InChI=1S/C22H22N4O2.CH2O2/c27-19-9-11-26(12-10-19)21-14-20(23-15-24-21)16-5-4-6-17(13-16)22(28)25-18-7-2-1-3-8-18;2-1-3/h1-8,13-15,19,27H,9-12H2,(H,25,28);1H,(H,2,3). The van der Waals surface area contributed by atoms with Crippen LogP contribution in [0.3, 0.4) is 0 Å². The molecule has 0 bridgehead atoms. The molecule has 2 aromatic carbocycles. The number of carboxylic acid groups (broad SMARTS) is 1. The Bertz CT molecular complexity index is 1010. The van der Waals surface area contributed by atoms with Crippen LogP contribution in [0.2, 0.25) is 0 Å². The number of carbonyl (C=O) groups is 2. The summed E-state index contributed by atoms with van der Waals surface area (Å²) in [6.07, 6.45) is 2.81. The minimum Gasteiger partial charge on any atom is -0.483 e. The monoisotopic (exact) mass is 420 g/mol. The zero-order chi connectivity index (χ0) is 22.1. The first-order valence-electron chi connectivity index (χ1n) is 9.90. The summed E-state index contributed by atoms with van der Waals surface area (Å²) in [7, 11) is 0. The Hall–Kier alpha value is -3.78. The number of anilines is 2. The molecule has 3 N–H and O–H groups in total. The predicted molar refractivity (Wildman–Crippen MR) is 118 cm³/mol. The third-order valence-corrected chi connectivity index (χ3v) is 4.89. The van der Waals surface area contributed by atoms with E-state index in [9.17, 15) is 9.90 Å². The number of piperidine rings is 1. The summed E-state index contributed by atoms with van der Waals surface area (Å²) in [6, 6.07) is 18.7. The number of benzene rings is 2. The molecule has 0 unspecified atom stereocenters. The van der Waals surface area contributed by atoms with E-state index in [0.717, 1.165) is 48.7 Å². The van der Waals surface area contributed by atoms with Crippen molar-refractivity contribution in [1.82, 2.24) is 9.97 Å². The van der Waals surface area contributed by atoms with E-state index >= 15 is 0 Å². The van der Waals surface area contributed by atoms with Crippen LogP contribution in [-0.2, 0) is 4.79 Å². The lowest BCUT2D eigenvalue weighted by Gasteiger charge is -2.30. The lowest BCUT2D eigenvalue weighted by Crippen LogP contribution is -2.36. The molecule has 8 nitrogen and oxygen atoms in total. The summed E-state index contributed by atoms with van der Waals surface area (Å²) < 4.78 is 0. The van der Waals surface area contributed by atoms with E-state index in [1.165, 1.54) is 0 Å². The lowest BCUT2D eigenvalue weighted by atomic mass is 10.1. The van der Waals surface area contributed by atoms with Gasteiger partial charge in [-0.05, 0) is 37.1 Å². The Labute approximate surface area is 180 Å². The molecule has 1 amide bonds. The molecule has 1 aliphatic heterocycles. The lowest BCUT2D eigenvalue weighted by molar-refractivity contribution is -0.122. The average molecular weight is 420 g/mol. The van der Waals surface area contributed by atoms with Crippen molar-refractivity contribution in [3.8, 4) is 11.3 Å². The molecule has 0 radical (unpaired) electrons. The highest BCUT2D eigenvalue weighted by molar-refractivity contribution is 6.04. The maximum Gasteiger partial charge on any atom is 0.290 e. The average Bonchev–Trinajstić information content (AvgIpc) is 2.81. The number of aromatic nitrogens is 2. The summed E-state index contributed by atoms with van der Waals surface area (Å²) in [5.74, 6) is 0.684. The number of nitrogens with one attached hydrogen (secondary N) is 1. The van der Waals surface area contributed by atoms with Crippen molar-refractivity contribution >= 4 is 23.9 Å². The van der Waals surface area contributed by atoms with Crippen LogP contribution in [0.25, 0.3) is 11.3 Å². The van der Waals surface area contributed by atoms with Gasteiger partial charge in [0, 0.05) is 36.0 Å². The van der Waals surface area contributed by atoms with E-state index in [4.69, 9.17) is 9.90 Å². The Kier molecular flexibility index (Phi) is 7.67. The smallest absolute Gasteiger partial charge is 0.290 e. The highest BCUT2D eigenvalue weighted by atomic mass is 16.3. The van der Waals surface area contributed by atoms with E-state index in [1.54, 1.807) is 12.4 Å². The van der Waals surface area contributed by atoms with E-state index in [2.05, 4.69) is 20.2 Å². The quantitative estimate of drug-likeness (QED) is 0.556. The first-order valence-corrected chi connectivity index (χ1v) is 9.90. The van der Waals surface area contributed by atoms with E-state index < -0.39 is 0 Å². The molecule has 8 heteroatoms. The summed E-state index contributed by atoms with van der Waals surface area (Å²) in [4.78, 5) is 31.9. The predicted octanol–water partition coefficient (Wildman–Crippen LogP) is 3.06. The third-order valence-electron chi connectivity index (χ3n) is 4.89. The molecule has 4 rings (SSSR count). The number of hydrogen-bond donors (Lipinski definition) is 3. The summed E-state index contributed by atoms with van der Waals surface area (Å²) in [5, 5.41) is 19.5. The summed E-state index contributed by atoms with van der Waals surface area (Å²) in [6.45, 7) is 1.30. The molecule has 1 saturated heterocycles. The van der Waals surface area contributed by atoms with Crippen molar-refractivity contribution in [3.63, 3.8) is 0 Å². The Balaban J connectivity index is 0.000000858.